The Hall–Kier alpha value is -1.83. The molecule has 19 heavy (non-hydrogen) atoms. The third-order valence-electron chi connectivity index (χ3n) is 2.91. The highest BCUT2D eigenvalue weighted by Crippen LogP contribution is 2.16. The number of hydrogen-bond acceptors (Lipinski definition) is 6. The second-order valence-electron chi connectivity index (χ2n) is 4.30. The summed E-state index contributed by atoms with van der Waals surface area (Å²) in [7, 11) is 0. The first-order valence-corrected chi connectivity index (χ1v) is 6.05. The van der Waals surface area contributed by atoms with Gasteiger partial charge < -0.3 is 15.5 Å². The summed E-state index contributed by atoms with van der Waals surface area (Å²) in [6.07, 6.45) is 1.53. The van der Waals surface area contributed by atoms with Crippen LogP contribution in [0, 0.1) is 0 Å². The Morgan fingerprint density at radius 1 is 1.32 bits per heavy atom. The highest BCUT2D eigenvalue weighted by atomic mass is 16.3. The van der Waals surface area contributed by atoms with E-state index in [9.17, 15) is 0 Å². The average Bonchev–Trinajstić information content (AvgIpc) is 2.99. The molecule has 0 aliphatic heterocycles. The molecule has 1 aromatic carbocycles. The molecule has 3 N–H and O–H groups in total. The zero-order valence-electron chi connectivity index (χ0n) is 10.6. The second kappa shape index (κ2) is 6.37. The minimum absolute atomic E-state index is 0.000676. The molecule has 0 saturated carbocycles. The quantitative estimate of drug-likeness (QED) is 0.660. The molecule has 7 heteroatoms. The van der Waals surface area contributed by atoms with Crippen LogP contribution in [0.15, 0.2) is 30.6 Å². The molecule has 0 aliphatic rings. The number of rotatable bonds is 6. The van der Waals surface area contributed by atoms with E-state index in [-0.39, 0.29) is 25.3 Å². The van der Waals surface area contributed by atoms with E-state index >= 15 is 0 Å². The second-order valence-corrected chi connectivity index (χ2v) is 4.30. The summed E-state index contributed by atoms with van der Waals surface area (Å²) in [6, 6.07) is 7.42. The molecule has 0 fully saturated rings. The average molecular weight is 263 g/mol. The van der Waals surface area contributed by atoms with Gasteiger partial charge in [-0.15, -0.1) is 5.10 Å². The molecule has 1 atom stereocenters. The number of aromatic nitrogens is 4. The van der Waals surface area contributed by atoms with Crippen LogP contribution in [0.2, 0.25) is 0 Å². The van der Waals surface area contributed by atoms with Crippen molar-refractivity contribution in [3.8, 4) is 5.69 Å². The monoisotopic (exact) mass is 263 g/mol. The Morgan fingerprint density at radius 3 is 2.74 bits per heavy atom. The summed E-state index contributed by atoms with van der Waals surface area (Å²) in [5, 5.41) is 32.3. The van der Waals surface area contributed by atoms with Crippen LogP contribution >= 0.6 is 0 Å². The third-order valence-corrected chi connectivity index (χ3v) is 2.91. The SMILES string of the molecule is CC(NC(CO)CO)c1cccc(-n2cnnn2)c1. The van der Waals surface area contributed by atoms with Crippen molar-refractivity contribution in [2.24, 2.45) is 0 Å². The van der Waals surface area contributed by atoms with Gasteiger partial charge in [-0.05, 0) is 35.0 Å². The lowest BCUT2D eigenvalue weighted by molar-refractivity contribution is 0.163. The summed E-state index contributed by atoms with van der Waals surface area (Å²) in [5.74, 6) is 0. The van der Waals surface area contributed by atoms with Crippen LogP contribution in [-0.4, -0.2) is 49.7 Å². The molecule has 0 bridgehead atoms. The van der Waals surface area contributed by atoms with Crippen LogP contribution in [0.25, 0.3) is 5.69 Å². The van der Waals surface area contributed by atoms with Gasteiger partial charge in [0, 0.05) is 6.04 Å². The smallest absolute Gasteiger partial charge is 0.143 e. The van der Waals surface area contributed by atoms with Gasteiger partial charge in [-0.2, -0.15) is 0 Å². The van der Waals surface area contributed by atoms with Crippen LogP contribution in [0.4, 0.5) is 0 Å². The van der Waals surface area contributed by atoms with Gasteiger partial charge in [-0.1, -0.05) is 12.1 Å². The molecule has 0 radical (unpaired) electrons. The molecule has 0 spiro atoms. The Morgan fingerprint density at radius 2 is 2.11 bits per heavy atom. The van der Waals surface area contributed by atoms with Crippen LogP contribution in [0.5, 0.6) is 0 Å². The first kappa shape index (κ1) is 13.6. The minimum Gasteiger partial charge on any atom is -0.395 e. The van der Waals surface area contributed by atoms with Crippen LogP contribution in [-0.2, 0) is 0 Å². The van der Waals surface area contributed by atoms with Gasteiger partial charge in [0.1, 0.15) is 6.33 Å². The van der Waals surface area contributed by atoms with Crippen molar-refractivity contribution in [1.29, 1.82) is 0 Å². The zero-order chi connectivity index (χ0) is 13.7. The van der Waals surface area contributed by atoms with Crippen molar-refractivity contribution in [2.45, 2.75) is 19.0 Å². The summed E-state index contributed by atoms with van der Waals surface area (Å²) in [4.78, 5) is 0. The van der Waals surface area contributed by atoms with Crippen LogP contribution < -0.4 is 5.32 Å². The van der Waals surface area contributed by atoms with Crippen molar-refractivity contribution in [1.82, 2.24) is 25.5 Å². The van der Waals surface area contributed by atoms with Gasteiger partial charge in [0.2, 0.25) is 0 Å². The lowest BCUT2D eigenvalue weighted by Crippen LogP contribution is -2.37. The lowest BCUT2D eigenvalue weighted by atomic mass is 10.1. The Bertz CT molecular complexity index is 499. The number of benzene rings is 1. The molecular weight excluding hydrogens is 246 g/mol. The summed E-state index contributed by atoms with van der Waals surface area (Å²) >= 11 is 0. The molecule has 0 saturated heterocycles. The summed E-state index contributed by atoms with van der Waals surface area (Å²) in [5.41, 5.74) is 1.89. The molecule has 2 rings (SSSR count). The predicted octanol–water partition coefficient (Wildman–Crippen LogP) is -0.334. The van der Waals surface area contributed by atoms with E-state index in [1.165, 1.54) is 6.33 Å². The molecule has 1 aromatic heterocycles. The van der Waals surface area contributed by atoms with Crippen molar-refractivity contribution in [3.63, 3.8) is 0 Å². The van der Waals surface area contributed by atoms with Gasteiger partial charge >= 0.3 is 0 Å². The maximum atomic E-state index is 9.07. The van der Waals surface area contributed by atoms with E-state index in [0.29, 0.717) is 0 Å². The largest absolute Gasteiger partial charge is 0.395 e. The third kappa shape index (κ3) is 3.34. The van der Waals surface area contributed by atoms with Gasteiger partial charge in [-0.25, -0.2) is 4.68 Å². The molecule has 0 amide bonds. The fourth-order valence-corrected chi connectivity index (χ4v) is 1.83. The highest BCUT2D eigenvalue weighted by Gasteiger charge is 2.12. The molecule has 1 unspecified atom stereocenters. The zero-order valence-corrected chi connectivity index (χ0v) is 10.6. The van der Waals surface area contributed by atoms with E-state index in [2.05, 4.69) is 20.8 Å². The number of nitrogens with zero attached hydrogens (tertiary/aromatic N) is 4. The minimum atomic E-state index is -0.327. The van der Waals surface area contributed by atoms with E-state index in [0.717, 1.165) is 11.3 Å². The summed E-state index contributed by atoms with van der Waals surface area (Å²) in [6.45, 7) is 1.76. The maximum Gasteiger partial charge on any atom is 0.143 e. The van der Waals surface area contributed by atoms with Crippen molar-refractivity contribution < 1.29 is 10.2 Å². The molecule has 2 aromatic rings. The molecule has 0 aliphatic carbocycles. The van der Waals surface area contributed by atoms with Crippen molar-refractivity contribution in [2.75, 3.05) is 13.2 Å². The predicted molar refractivity (Wildman–Crippen MR) is 68.7 cm³/mol. The van der Waals surface area contributed by atoms with E-state index in [1.54, 1.807) is 4.68 Å². The van der Waals surface area contributed by atoms with E-state index in [1.807, 2.05) is 31.2 Å². The van der Waals surface area contributed by atoms with Gasteiger partial charge in [-0.3, -0.25) is 0 Å². The fourth-order valence-electron chi connectivity index (χ4n) is 1.83. The normalized spacial score (nSPS) is 12.8. The van der Waals surface area contributed by atoms with Gasteiger partial charge in [0.25, 0.3) is 0 Å². The van der Waals surface area contributed by atoms with Gasteiger partial charge in [0.15, 0.2) is 0 Å². The number of nitrogens with one attached hydrogen (secondary N) is 1. The Balaban J connectivity index is 2.14. The number of aliphatic hydroxyl groups excluding tert-OH is 2. The molecule has 102 valence electrons. The maximum absolute atomic E-state index is 9.07. The number of tetrazole rings is 1. The van der Waals surface area contributed by atoms with Crippen LogP contribution in [0.1, 0.15) is 18.5 Å². The van der Waals surface area contributed by atoms with E-state index < -0.39 is 0 Å². The first-order valence-electron chi connectivity index (χ1n) is 6.05. The number of hydrogen-bond donors (Lipinski definition) is 3. The molecule has 7 nitrogen and oxygen atoms in total. The van der Waals surface area contributed by atoms with E-state index in [4.69, 9.17) is 10.2 Å². The highest BCUT2D eigenvalue weighted by molar-refractivity contribution is 5.35. The van der Waals surface area contributed by atoms with Crippen LogP contribution in [0.3, 0.4) is 0 Å². The van der Waals surface area contributed by atoms with Gasteiger partial charge in [0.05, 0.1) is 24.9 Å². The summed E-state index contributed by atoms with van der Waals surface area (Å²) < 4.78 is 1.58. The fraction of sp³-hybridized carbons (Fsp3) is 0.417. The molecule has 1 heterocycles. The number of aliphatic hydroxyl groups is 2. The first-order chi connectivity index (χ1) is 9.24. The Labute approximate surface area is 110 Å². The lowest BCUT2D eigenvalue weighted by Gasteiger charge is -2.20. The Kier molecular flexibility index (Phi) is 4.56. The molecular formula is C12H17N5O2. The van der Waals surface area contributed by atoms with Crippen molar-refractivity contribution >= 4 is 0 Å². The van der Waals surface area contributed by atoms with Crippen molar-refractivity contribution in [3.05, 3.63) is 36.2 Å². The topological polar surface area (TPSA) is 96.1 Å². The standard InChI is InChI=1S/C12H17N5O2/c1-9(14-11(6-18)7-19)10-3-2-4-12(5-10)17-8-13-15-16-17/h2-5,8-9,11,14,18-19H,6-7H2,1H3.